The monoisotopic (exact) mass is 272 g/mol. The van der Waals surface area contributed by atoms with Crippen molar-refractivity contribution in [3.05, 3.63) is 0 Å². The topological polar surface area (TPSA) is 67.9 Å². The van der Waals surface area contributed by atoms with Crippen molar-refractivity contribution in [3.8, 4) is 0 Å². The van der Waals surface area contributed by atoms with Gasteiger partial charge in [0.1, 0.15) is 11.7 Å². The van der Waals surface area contributed by atoms with Crippen LogP contribution in [0.5, 0.6) is 0 Å². The number of nitrogens with zero attached hydrogens (tertiary/aromatic N) is 1. The van der Waals surface area contributed by atoms with Gasteiger partial charge in [-0.15, -0.1) is 0 Å². The Morgan fingerprint density at radius 3 is 2.53 bits per heavy atom. The van der Waals surface area contributed by atoms with Crippen LogP contribution < -0.4 is 5.32 Å². The quantitative estimate of drug-likeness (QED) is 0.836. The van der Waals surface area contributed by atoms with Gasteiger partial charge < -0.3 is 19.7 Å². The molecule has 0 radical (unpaired) electrons. The van der Waals surface area contributed by atoms with Gasteiger partial charge in [-0.1, -0.05) is 0 Å². The molecule has 19 heavy (non-hydrogen) atoms. The van der Waals surface area contributed by atoms with E-state index in [0.29, 0.717) is 19.5 Å². The molecule has 2 amide bonds. The number of rotatable bonds is 2. The van der Waals surface area contributed by atoms with E-state index in [9.17, 15) is 9.59 Å². The maximum absolute atomic E-state index is 12.0. The molecule has 0 aliphatic carbocycles. The van der Waals surface area contributed by atoms with Crippen molar-refractivity contribution in [2.75, 3.05) is 13.1 Å². The number of likely N-dealkylation sites (tertiary alicyclic amines) is 1. The van der Waals surface area contributed by atoms with Gasteiger partial charge in [0.15, 0.2) is 0 Å². The van der Waals surface area contributed by atoms with Crippen molar-refractivity contribution in [2.24, 2.45) is 0 Å². The van der Waals surface area contributed by atoms with Crippen LogP contribution in [0, 0.1) is 0 Å². The first-order valence-corrected chi connectivity index (χ1v) is 6.67. The Morgan fingerprint density at radius 1 is 1.37 bits per heavy atom. The Morgan fingerprint density at radius 2 is 2.00 bits per heavy atom. The Kier molecular flexibility index (Phi) is 5.03. The van der Waals surface area contributed by atoms with Crippen molar-refractivity contribution >= 4 is 12.2 Å². The SMILES string of the molecule is CCNC(=O)O[C@@H]1C[C@@H](C)N(C(=O)OC(C)(C)C)C1. The van der Waals surface area contributed by atoms with Crippen LogP contribution in [0.25, 0.3) is 0 Å². The molecule has 1 fully saturated rings. The molecule has 1 rings (SSSR count). The molecule has 0 aromatic heterocycles. The third-order valence-corrected chi connectivity index (χ3v) is 2.76. The lowest BCUT2D eigenvalue weighted by Crippen LogP contribution is -2.39. The van der Waals surface area contributed by atoms with Gasteiger partial charge in [-0.25, -0.2) is 9.59 Å². The lowest BCUT2D eigenvalue weighted by Gasteiger charge is -2.26. The average molecular weight is 272 g/mol. The molecular formula is C13H24N2O4. The highest BCUT2D eigenvalue weighted by atomic mass is 16.6. The summed E-state index contributed by atoms with van der Waals surface area (Å²) in [5.41, 5.74) is -0.519. The molecule has 6 heteroatoms. The predicted molar refractivity (Wildman–Crippen MR) is 71.0 cm³/mol. The molecule has 0 aromatic rings. The molecule has 1 N–H and O–H groups in total. The summed E-state index contributed by atoms with van der Waals surface area (Å²) >= 11 is 0. The molecule has 0 bridgehead atoms. The fraction of sp³-hybridized carbons (Fsp3) is 0.846. The van der Waals surface area contributed by atoms with Crippen molar-refractivity contribution in [1.29, 1.82) is 0 Å². The third kappa shape index (κ3) is 4.96. The first-order valence-electron chi connectivity index (χ1n) is 6.67. The van der Waals surface area contributed by atoms with Gasteiger partial charge in [0.25, 0.3) is 0 Å². The fourth-order valence-electron chi connectivity index (χ4n) is 1.98. The van der Waals surface area contributed by atoms with Crippen LogP contribution in [-0.2, 0) is 9.47 Å². The van der Waals surface area contributed by atoms with E-state index in [1.807, 2.05) is 34.6 Å². The summed E-state index contributed by atoms with van der Waals surface area (Å²) in [4.78, 5) is 24.9. The summed E-state index contributed by atoms with van der Waals surface area (Å²) < 4.78 is 10.6. The number of hydrogen-bond donors (Lipinski definition) is 1. The Labute approximate surface area is 114 Å². The standard InChI is InChI=1S/C13H24N2O4/c1-6-14-11(16)18-10-7-9(2)15(8-10)12(17)19-13(3,4)5/h9-10H,6-8H2,1-5H3,(H,14,16)/t9-,10-/m1/s1. The molecule has 0 saturated carbocycles. The molecule has 0 unspecified atom stereocenters. The van der Waals surface area contributed by atoms with Crippen molar-refractivity contribution in [2.45, 2.75) is 58.8 Å². The van der Waals surface area contributed by atoms with Crippen LogP contribution in [0.2, 0.25) is 0 Å². The number of hydrogen-bond acceptors (Lipinski definition) is 4. The summed E-state index contributed by atoms with van der Waals surface area (Å²) in [6.07, 6.45) is -0.432. The lowest BCUT2D eigenvalue weighted by atomic mass is 10.2. The highest BCUT2D eigenvalue weighted by Crippen LogP contribution is 2.22. The molecule has 1 heterocycles. The van der Waals surface area contributed by atoms with Gasteiger partial charge >= 0.3 is 12.2 Å². The van der Waals surface area contributed by atoms with Gasteiger partial charge in [-0.2, -0.15) is 0 Å². The van der Waals surface area contributed by atoms with Crippen LogP contribution in [0.1, 0.15) is 41.0 Å². The molecular weight excluding hydrogens is 248 g/mol. The highest BCUT2D eigenvalue weighted by Gasteiger charge is 2.36. The maximum atomic E-state index is 12.0. The summed E-state index contributed by atoms with van der Waals surface area (Å²) in [6, 6.07) is 0.00859. The second-order valence-electron chi connectivity index (χ2n) is 5.78. The van der Waals surface area contributed by atoms with Gasteiger partial charge in [0.05, 0.1) is 6.54 Å². The maximum Gasteiger partial charge on any atom is 0.410 e. The second-order valence-corrected chi connectivity index (χ2v) is 5.78. The van der Waals surface area contributed by atoms with Crippen molar-refractivity contribution < 1.29 is 19.1 Å². The van der Waals surface area contributed by atoms with E-state index in [2.05, 4.69) is 5.32 Å². The number of carbonyl (C=O) groups excluding carboxylic acids is 2. The van der Waals surface area contributed by atoms with E-state index in [4.69, 9.17) is 9.47 Å². The van der Waals surface area contributed by atoms with Gasteiger partial charge in [0, 0.05) is 19.0 Å². The van der Waals surface area contributed by atoms with E-state index < -0.39 is 11.7 Å². The Bertz CT molecular complexity index is 338. The smallest absolute Gasteiger partial charge is 0.410 e. The van der Waals surface area contributed by atoms with E-state index in [1.54, 1.807) is 4.90 Å². The first-order chi connectivity index (χ1) is 8.73. The van der Waals surface area contributed by atoms with Crippen molar-refractivity contribution in [1.82, 2.24) is 10.2 Å². The predicted octanol–water partition coefficient (Wildman–Crippen LogP) is 2.13. The molecule has 1 aliphatic heterocycles. The minimum Gasteiger partial charge on any atom is -0.444 e. The number of alkyl carbamates (subject to hydrolysis) is 1. The van der Waals surface area contributed by atoms with Gasteiger partial charge in [-0.3, -0.25) is 0 Å². The molecule has 0 aromatic carbocycles. The van der Waals surface area contributed by atoms with E-state index in [0.717, 1.165) is 0 Å². The average Bonchev–Trinajstić information content (AvgIpc) is 2.57. The molecule has 1 aliphatic rings. The highest BCUT2D eigenvalue weighted by molar-refractivity contribution is 5.70. The zero-order valence-electron chi connectivity index (χ0n) is 12.4. The zero-order chi connectivity index (χ0) is 14.6. The second kappa shape index (κ2) is 6.12. The first kappa shape index (κ1) is 15.6. The minimum absolute atomic E-state index is 0.00859. The minimum atomic E-state index is -0.519. The van der Waals surface area contributed by atoms with Crippen LogP contribution in [0.3, 0.4) is 0 Å². The molecule has 6 nitrogen and oxygen atoms in total. The van der Waals surface area contributed by atoms with Gasteiger partial charge in [0.2, 0.25) is 0 Å². The number of carbonyl (C=O) groups is 2. The summed E-state index contributed by atoms with van der Waals surface area (Å²) in [6.45, 7) is 10.1. The molecule has 0 spiro atoms. The summed E-state index contributed by atoms with van der Waals surface area (Å²) in [5.74, 6) is 0. The Hall–Kier alpha value is -1.46. The number of nitrogens with one attached hydrogen (secondary N) is 1. The fourth-order valence-corrected chi connectivity index (χ4v) is 1.98. The summed E-state index contributed by atoms with van der Waals surface area (Å²) in [5, 5.41) is 2.57. The van der Waals surface area contributed by atoms with E-state index in [1.165, 1.54) is 0 Å². The van der Waals surface area contributed by atoms with Crippen molar-refractivity contribution in [3.63, 3.8) is 0 Å². The Balaban J connectivity index is 2.50. The third-order valence-electron chi connectivity index (χ3n) is 2.76. The normalized spacial score (nSPS) is 23.1. The summed E-state index contributed by atoms with van der Waals surface area (Å²) in [7, 11) is 0. The van der Waals surface area contributed by atoms with E-state index >= 15 is 0 Å². The van der Waals surface area contributed by atoms with Crippen LogP contribution >= 0.6 is 0 Å². The molecule has 110 valence electrons. The van der Waals surface area contributed by atoms with E-state index in [-0.39, 0.29) is 18.2 Å². The molecule has 2 atom stereocenters. The number of ether oxygens (including phenoxy) is 2. The van der Waals surface area contributed by atoms with Crippen LogP contribution in [0.4, 0.5) is 9.59 Å². The zero-order valence-corrected chi connectivity index (χ0v) is 12.4. The van der Waals surface area contributed by atoms with Crippen LogP contribution in [-0.4, -0.2) is 47.9 Å². The number of amides is 2. The van der Waals surface area contributed by atoms with Gasteiger partial charge in [-0.05, 0) is 34.6 Å². The largest absolute Gasteiger partial charge is 0.444 e. The van der Waals surface area contributed by atoms with Crippen LogP contribution in [0.15, 0.2) is 0 Å². The molecule has 1 saturated heterocycles. The lowest BCUT2D eigenvalue weighted by molar-refractivity contribution is 0.0212.